The molecule has 0 atom stereocenters. The van der Waals surface area contributed by atoms with E-state index in [0.29, 0.717) is 41.2 Å². The summed E-state index contributed by atoms with van der Waals surface area (Å²) in [6.45, 7) is 4.29. The highest BCUT2D eigenvalue weighted by Gasteiger charge is 2.13. The van der Waals surface area contributed by atoms with Crippen LogP contribution in [0.5, 0.6) is 11.5 Å². The normalized spacial score (nSPS) is 10.8. The lowest BCUT2D eigenvalue weighted by Gasteiger charge is -2.11. The van der Waals surface area contributed by atoms with Gasteiger partial charge in [-0.15, -0.1) is 0 Å². The van der Waals surface area contributed by atoms with Crippen LogP contribution >= 0.6 is 0 Å². The van der Waals surface area contributed by atoms with Crippen molar-refractivity contribution in [2.75, 3.05) is 19.5 Å². The Bertz CT molecular complexity index is 964. The van der Waals surface area contributed by atoms with Crippen molar-refractivity contribution < 1.29 is 18.8 Å². The SMILES string of the molecule is COc1ccc(OC)c(NC(=O)CCc2nc(-c3ccc(C(C)C)cc3)no2)c1. The molecule has 2 aromatic carbocycles. The Kier molecular flexibility index (Phi) is 6.49. The summed E-state index contributed by atoms with van der Waals surface area (Å²) in [6, 6.07) is 13.3. The first-order valence-electron chi connectivity index (χ1n) is 9.45. The van der Waals surface area contributed by atoms with E-state index in [1.807, 2.05) is 12.1 Å². The third-order valence-electron chi connectivity index (χ3n) is 4.55. The molecule has 0 saturated carbocycles. The molecule has 0 spiro atoms. The Balaban J connectivity index is 1.60. The monoisotopic (exact) mass is 395 g/mol. The van der Waals surface area contributed by atoms with Gasteiger partial charge in [0.15, 0.2) is 0 Å². The van der Waals surface area contributed by atoms with E-state index in [1.165, 1.54) is 5.56 Å². The van der Waals surface area contributed by atoms with E-state index in [4.69, 9.17) is 14.0 Å². The number of rotatable bonds is 8. The van der Waals surface area contributed by atoms with Crippen molar-refractivity contribution >= 4 is 11.6 Å². The molecule has 0 saturated heterocycles. The number of aromatic nitrogens is 2. The highest BCUT2D eigenvalue weighted by molar-refractivity contribution is 5.92. The molecular formula is C22H25N3O4. The predicted octanol–water partition coefficient (Wildman–Crippen LogP) is 4.45. The number of ether oxygens (including phenoxy) is 2. The number of carbonyl (C=O) groups is 1. The second-order valence-corrected chi connectivity index (χ2v) is 6.90. The fourth-order valence-electron chi connectivity index (χ4n) is 2.84. The number of benzene rings is 2. The largest absolute Gasteiger partial charge is 0.497 e. The van der Waals surface area contributed by atoms with Crippen LogP contribution in [-0.2, 0) is 11.2 Å². The van der Waals surface area contributed by atoms with Gasteiger partial charge in [-0.05, 0) is 23.6 Å². The minimum absolute atomic E-state index is 0.183. The lowest BCUT2D eigenvalue weighted by atomic mass is 10.0. The summed E-state index contributed by atoms with van der Waals surface area (Å²) >= 11 is 0. The average molecular weight is 395 g/mol. The predicted molar refractivity (Wildman–Crippen MR) is 110 cm³/mol. The third kappa shape index (κ3) is 5.13. The van der Waals surface area contributed by atoms with Crippen LogP contribution in [0.2, 0.25) is 0 Å². The molecule has 1 amide bonds. The number of hydrogen-bond donors (Lipinski definition) is 1. The topological polar surface area (TPSA) is 86.5 Å². The summed E-state index contributed by atoms with van der Waals surface area (Å²) in [4.78, 5) is 16.7. The van der Waals surface area contributed by atoms with Crippen molar-refractivity contribution in [3.05, 3.63) is 53.9 Å². The van der Waals surface area contributed by atoms with Crippen LogP contribution in [-0.4, -0.2) is 30.3 Å². The van der Waals surface area contributed by atoms with Gasteiger partial charge >= 0.3 is 0 Å². The Morgan fingerprint density at radius 3 is 2.52 bits per heavy atom. The number of aryl methyl sites for hydroxylation is 1. The lowest BCUT2D eigenvalue weighted by molar-refractivity contribution is -0.116. The summed E-state index contributed by atoms with van der Waals surface area (Å²) in [5.41, 5.74) is 2.69. The van der Waals surface area contributed by atoms with E-state index in [1.54, 1.807) is 32.4 Å². The Morgan fingerprint density at radius 2 is 1.86 bits per heavy atom. The highest BCUT2D eigenvalue weighted by Crippen LogP contribution is 2.29. The summed E-state index contributed by atoms with van der Waals surface area (Å²) in [5, 5.41) is 6.85. The number of anilines is 1. The lowest BCUT2D eigenvalue weighted by Crippen LogP contribution is -2.13. The third-order valence-corrected chi connectivity index (χ3v) is 4.55. The Hall–Kier alpha value is -3.35. The van der Waals surface area contributed by atoms with Gasteiger partial charge in [0.2, 0.25) is 17.6 Å². The average Bonchev–Trinajstić information content (AvgIpc) is 3.21. The van der Waals surface area contributed by atoms with Crippen LogP contribution in [0, 0.1) is 0 Å². The van der Waals surface area contributed by atoms with E-state index >= 15 is 0 Å². The number of nitrogens with one attached hydrogen (secondary N) is 1. The molecule has 0 aliphatic heterocycles. The van der Waals surface area contributed by atoms with Gasteiger partial charge in [0, 0.05) is 24.5 Å². The minimum Gasteiger partial charge on any atom is -0.497 e. The second-order valence-electron chi connectivity index (χ2n) is 6.90. The Labute approximate surface area is 170 Å². The molecule has 0 bridgehead atoms. The van der Waals surface area contributed by atoms with Gasteiger partial charge in [-0.2, -0.15) is 4.98 Å². The van der Waals surface area contributed by atoms with Crippen molar-refractivity contribution in [3.63, 3.8) is 0 Å². The van der Waals surface area contributed by atoms with E-state index in [0.717, 1.165) is 5.56 Å². The van der Waals surface area contributed by atoms with Crippen LogP contribution in [0.15, 0.2) is 47.0 Å². The van der Waals surface area contributed by atoms with E-state index in [-0.39, 0.29) is 12.3 Å². The number of amides is 1. The van der Waals surface area contributed by atoms with Crippen LogP contribution in [0.25, 0.3) is 11.4 Å². The molecule has 0 aliphatic rings. The number of nitrogens with zero attached hydrogens (tertiary/aromatic N) is 2. The van der Waals surface area contributed by atoms with Gasteiger partial charge in [-0.1, -0.05) is 43.3 Å². The molecule has 29 heavy (non-hydrogen) atoms. The van der Waals surface area contributed by atoms with Crippen LogP contribution in [0.4, 0.5) is 5.69 Å². The standard InChI is InChI=1S/C22H25N3O4/c1-14(2)15-5-7-16(8-6-15)22-24-21(29-25-22)12-11-20(26)23-18-13-17(27-3)9-10-19(18)28-4/h5-10,13-14H,11-12H2,1-4H3,(H,23,26). The molecule has 7 heteroatoms. The molecule has 1 aromatic heterocycles. The molecule has 152 valence electrons. The number of hydrogen-bond acceptors (Lipinski definition) is 6. The molecule has 7 nitrogen and oxygen atoms in total. The summed E-state index contributed by atoms with van der Waals surface area (Å²) in [5.74, 6) is 2.41. The maximum atomic E-state index is 12.3. The first-order chi connectivity index (χ1) is 14.0. The maximum Gasteiger partial charge on any atom is 0.227 e. The van der Waals surface area contributed by atoms with Crippen LogP contribution in [0.1, 0.15) is 37.6 Å². The minimum atomic E-state index is -0.183. The van der Waals surface area contributed by atoms with Gasteiger partial charge in [0.25, 0.3) is 0 Å². The van der Waals surface area contributed by atoms with E-state index in [9.17, 15) is 4.79 Å². The molecular weight excluding hydrogens is 370 g/mol. The molecule has 0 radical (unpaired) electrons. The van der Waals surface area contributed by atoms with Crippen LogP contribution < -0.4 is 14.8 Å². The van der Waals surface area contributed by atoms with E-state index in [2.05, 4.69) is 41.4 Å². The van der Waals surface area contributed by atoms with Gasteiger partial charge in [-0.3, -0.25) is 4.79 Å². The van der Waals surface area contributed by atoms with E-state index < -0.39 is 0 Å². The summed E-state index contributed by atoms with van der Waals surface area (Å²) < 4.78 is 15.8. The molecule has 3 rings (SSSR count). The van der Waals surface area contributed by atoms with Crippen LogP contribution in [0.3, 0.4) is 0 Å². The smallest absolute Gasteiger partial charge is 0.227 e. The Morgan fingerprint density at radius 1 is 1.10 bits per heavy atom. The first kappa shape index (κ1) is 20.4. The second kappa shape index (κ2) is 9.23. The number of methoxy groups -OCH3 is 2. The fourth-order valence-corrected chi connectivity index (χ4v) is 2.84. The van der Waals surface area contributed by atoms with Gasteiger partial charge in [-0.25, -0.2) is 0 Å². The van der Waals surface area contributed by atoms with Gasteiger partial charge < -0.3 is 19.3 Å². The highest BCUT2D eigenvalue weighted by atomic mass is 16.5. The maximum absolute atomic E-state index is 12.3. The van der Waals surface area contributed by atoms with Crippen molar-refractivity contribution in [1.82, 2.24) is 10.1 Å². The molecule has 0 fully saturated rings. The zero-order valence-electron chi connectivity index (χ0n) is 17.1. The molecule has 0 unspecified atom stereocenters. The zero-order valence-corrected chi connectivity index (χ0v) is 17.1. The molecule has 1 N–H and O–H groups in total. The zero-order chi connectivity index (χ0) is 20.8. The van der Waals surface area contributed by atoms with Crippen molar-refractivity contribution in [2.24, 2.45) is 0 Å². The first-order valence-corrected chi connectivity index (χ1v) is 9.45. The van der Waals surface area contributed by atoms with Crippen molar-refractivity contribution in [3.8, 4) is 22.9 Å². The summed E-state index contributed by atoms with van der Waals surface area (Å²) in [6.07, 6.45) is 0.545. The summed E-state index contributed by atoms with van der Waals surface area (Å²) in [7, 11) is 3.11. The quantitative estimate of drug-likeness (QED) is 0.606. The number of carbonyl (C=O) groups excluding carboxylic acids is 1. The van der Waals surface area contributed by atoms with Gasteiger partial charge in [0.1, 0.15) is 11.5 Å². The van der Waals surface area contributed by atoms with Crippen molar-refractivity contribution in [2.45, 2.75) is 32.6 Å². The van der Waals surface area contributed by atoms with Crippen molar-refractivity contribution in [1.29, 1.82) is 0 Å². The fraction of sp³-hybridized carbons (Fsp3) is 0.318. The molecule has 1 heterocycles. The molecule has 0 aliphatic carbocycles. The molecule has 3 aromatic rings. The van der Waals surface area contributed by atoms with Gasteiger partial charge in [0.05, 0.1) is 19.9 Å².